The summed E-state index contributed by atoms with van der Waals surface area (Å²) in [5.41, 5.74) is 0.383. The molecule has 0 saturated heterocycles. The van der Waals surface area contributed by atoms with Crippen molar-refractivity contribution in [2.45, 2.75) is 25.7 Å². The molecule has 0 amide bonds. The Hall–Kier alpha value is -0.920. The molecule has 0 aliphatic carbocycles. The van der Waals surface area contributed by atoms with E-state index in [9.17, 15) is 8.42 Å². The zero-order chi connectivity index (χ0) is 12.2. The number of hydrogen-bond donors (Lipinski definition) is 2. The largest absolute Gasteiger partial charge is 0.360 e. The van der Waals surface area contributed by atoms with E-state index in [1.807, 2.05) is 6.92 Å². The summed E-state index contributed by atoms with van der Waals surface area (Å²) in [5, 5.41) is 6.65. The molecular formula is C9H17N3O3S. The average Bonchev–Trinajstić information content (AvgIpc) is 2.54. The molecule has 2 N–H and O–H groups in total. The Morgan fingerprint density at radius 2 is 2.00 bits per heavy atom. The van der Waals surface area contributed by atoms with Gasteiger partial charge in [-0.05, 0) is 20.4 Å². The Kier molecular flexibility index (Phi) is 4.45. The van der Waals surface area contributed by atoms with E-state index in [2.05, 4.69) is 15.2 Å². The molecule has 1 rings (SSSR count). The van der Waals surface area contributed by atoms with Gasteiger partial charge in [0.05, 0.1) is 0 Å². The Morgan fingerprint density at radius 1 is 1.31 bits per heavy atom. The Bertz CT molecular complexity index is 419. The first-order valence-corrected chi connectivity index (χ1v) is 6.60. The van der Waals surface area contributed by atoms with Crippen LogP contribution in [0, 0.1) is 13.8 Å². The SMILES string of the molecule is CCNCCNS(=O)(=O)c1c(C)noc1C. The van der Waals surface area contributed by atoms with E-state index in [1.54, 1.807) is 13.8 Å². The number of hydrogen-bond acceptors (Lipinski definition) is 5. The lowest BCUT2D eigenvalue weighted by Crippen LogP contribution is -2.32. The topological polar surface area (TPSA) is 84.2 Å². The van der Waals surface area contributed by atoms with Crippen LogP contribution in [0.3, 0.4) is 0 Å². The van der Waals surface area contributed by atoms with Crippen molar-refractivity contribution in [1.82, 2.24) is 15.2 Å². The molecule has 1 aromatic heterocycles. The molecule has 6 nitrogen and oxygen atoms in total. The highest BCUT2D eigenvalue weighted by atomic mass is 32.2. The molecule has 0 fully saturated rings. The van der Waals surface area contributed by atoms with Crippen LogP contribution in [-0.2, 0) is 10.0 Å². The zero-order valence-corrected chi connectivity index (χ0v) is 10.5. The molecule has 0 spiro atoms. The maximum atomic E-state index is 11.9. The van der Waals surface area contributed by atoms with E-state index in [-0.39, 0.29) is 4.90 Å². The summed E-state index contributed by atoms with van der Waals surface area (Å²) < 4.78 is 31.0. The Balaban J connectivity index is 2.71. The summed E-state index contributed by atoms with van der Waals surface area (Å²) in [6.07, 6.45) is 0. The van der Waals surface area contributed by atoms with Gasteiger partial charge < -0.3 is 9.84 Å². The molecule has 92 valence electrons. The predicted molar refractivity (Wildman–Crippen MR) is 59.7 cm³/mol. The minimum absolute atomic E-state index is 0.143. The van der Waals surface area contributed by atoms with E-state index in [0.717, 1.165) is 6.54 Å². The lowest BCUT2D eigenvalue weighted by molar-refractivity contribution is 0.390. The number of aromatic nitrogens is 1. The molecule has 0 aliphatic rings. The molecule has 0 aliphatic heterocycles. The molecule has 1 heterocycles. The third kappa shape index (κ3) is 3.03. The van der Waals surface area contributed by atoms with Crippen molar-refractivity contribution in [3.05, 3.63) is 11.5 Å². The van der Waals surface area contributed by atoms with Gasteiger partial charge in [-0.3, -0.25) is 0 Å². The normalized spacial score (nSPS) is 11.9. The van der Waals surface area contributed by atoms with Gasteiger partial charge >= 0.3 is 0 Å². The van der Waals surface area contributed by atoms with Gasteiger partial charge in [0.25, 0.3) is 0 Å². The van der Waals surface area contributed by atoms with Gasteiger partial charge in [-0.1, -0.05) is 12.1 Å². The minimum Gasteiger partial charge on any atom is -0.360 e. The van der Waals surface area contributed by atoms with Crippen molar-refractivity contribution < 1.29 is 12.9 Å². The summed E-state index contributed by atoms with van der Waals surface area (Å²) in [7, 11) is -3.51. The van der Waals surface area contributed by atoms with E-state index in [0.29, 0.717) is 24.5 Å². The molecule has 0 bridgehead atoms. The lowest BCUT2D eigenvalue weighted by Gasteiger charge is -2.06. The van der Waals surface area contributed by atoms with Crippen LogP contribution < -0.4 is 10.0 Å². The Morgan fingerprint density at radius 3 is 2.50 bits per heavy atom. The van der Waals surface area contributed by atoms with Crippen molar-refractivity contribution >= 4 is 10.0 Å². The van der Waals surface area contributed by atoms with Crippen molar-refractivity contribution in [1.29, 1.82) is 0 Å². The number of nitrogens with one attached hydrogen (secondary N) is 2. The van der Waals surface area contributed by atoms with Crippen LogP contribution in [0.5, 0.6) is 0 Å². The third-order valence-electron chi connectivity index (χ3n) is 2.08. The first kappa shape index (κ1) is 13.1. The van der Waals surface area contributed by atoms with Crippen LogP contribution in [0.25, 0.3) is 0 Å². The van der Waals surface area contributed by atoms with Gasteiger partial charge in [-0.15, -0.1) is 0 Å². The van der Waals surface area contributed by atoms with E-state index < -0.39 is 10.0 Å². The number of aryl methyl sites for hydroxylation is 2. The number of nitrogens with zero attached hydrogens (tertiary/aromatic N) is 1. The van der Waals surface area contributed by atoms with Crippen LogP contribution in [0.4, 0.5) is 0 Å². The highest BCUT2D eigenvalue weighted by Gasteiger charge is 2.23. The van der Waals surface area contributed by atoms with E-state index >= 15 is 0 Å². The van der Waals surface area contributed by atoms with Gasteiger partial charge in [0.1, 0.15) is 10.6 Å². The molecule has 16 heavy (non-hydrogen) atoms. The molecular weight excluding hydrogens is 230 g/mol. The molecule has 0 radical (unpaired) electrons. The fourth-order valence-corrected chi connectivity index (χ4v) is 2.74. The van der Waals surface area contributed by atoms with Crippen LogP contribution in [0.1, 0.15) is 18.4 Å². The summed E-state index contributed by atoms with van der Waals surface area (Å²) in [6, 6.07) is 0. The first-order valence-electron chi connectivity index (χ1n) is 5.12. The van der Waals surface area contributed by atoms with Gasteiger partial charge in [0.2, 0.25) is 10.0 Å². The lowest BCUT2D eigenvalue weighted by atomic mass is 10.4. The summed E-state index contributed by atoms with van der Waals surface area (Å²) >= 11 is 0. The minimum atomic E-state index is -3.51. The van der Waals surface area contributed by atoms with Crippen molar-refractivity contribution in [2.75, 3.05) is 19.6 Å². The maximum absolute atomic E-state index is 11.9. The predicted octanol–water partition coefficient (Wildman–Crippen LogP) is 0.179. The fraction of sp³-hybridized carbons (Fsp3) is 0.667. The number of likely N-dealkylation sites (N-methyl/N-ethyl adjacent to an activating group) is 1. The summed E-state index contributed by atoms with van der Waals surface area (Å²) in [4.78, 5) is 0.143. The van der Waals surface area contributed by atoms with Crippen molar-refractivity contribution in [2.24, 2.45) is 0 Å². The smallest absolute Gasteiger partial charge is 0.246 e. The van der Waals surface area contributed by atoms with Crippen LogP contribution in [0.15, 0.2) is 9.42 Å². The summed E-state index contributed by atoms with van der Waals surface area (Å²) in [6.45, 7) is 6.91. The number of rotatable bonds is 6. The van der Waals surface area contributed by atoms with Gasteiger partial charge in [0, 0.05) is 13.1 Å². The second-order valence-electron chi connectivity index (χ2n) is 3.40. The van der Waals surface area contributed by atoms with Gasteiger partial charge in [0.15, 0.2) is 5.76 Å². The molecule has 0 atom stereocenters. The van der Waals surface area contributed by atoms with Gasteiger partial charge in [-0.2, -0.15) is 0 Å². The Labute approximate surface area is 95.4 Å². The highest BCUT2D eigenvalue weighted by molar-refractivity contribution is 7.89. The molecule has 0 unspecified atom stereocenters. The molecule has 1 aromatic rings. The fourth-order valence-electron chi connectivity index (χ4n) is 1.38. The zero-order valence-electron chi connectivity index (χ0n) is 9.70. The second-order valence-corrected chi connectivity index (χ2v) is 5.11. The first-order chi connectivity index (χ1) is 7.49. The quantitative estimate of drug-likeness (QED) is 0.700. The van der Waals surface area contributed by atoms with Crippen LogP contribution >= 0.6 is 0 Å². The average molecular weight is 247 g/mol. The molecule has 0 aromatic carbocycles. The monoisotopic (exact) mass is 247 g/mol. The van der Waals surface area contributed by atoms with Crippen LogP contribution in [0.2, 0.25) is 0 Å². The number of sulfonamides is 1. The second kappa shape index (κ2) is 5.42. The van der Waals surface area contributed by atoms with Crippen molar-refractivity contribution in [3.8, 4) is 0 Å². The van der Waals surface area contributed by atoms with E-state index in [4.69, 9.17) is 4.52 Å². The van der Waals surface area contributed by atoms with Gasteiger partial charge in [-0.25, -0.2) is 13.1 Å². The van der Waals surface area contributed by atoms with E-state index in [1.165, 1.54) is 0 Å². The molecule has 7 heteroatoms. The maximum Gasteiger partial charge on any atom is 0.246 e. The molecule has 0 saturated carbocycles. The van der Waals surface area contributed by atoms with Crippen molar-refractivity contribution in [3.63, 3.8) is 0 Å². The van der Waals surface area contributed by atoms with Crippen LogP contribution in [-0.4, -0.2) is 33.2 Å². The third-order valence-corrected chi connectivity index (χ3v) is 3.78. The standard InChI is InChI=1S/C9H17N3O3S/c1-4-10-5-6-11-16(13,14)9-7(2)12-15-8(9)3/h10-11H,4-6H2,1-3H3. The highest BCUT2D eigenvalue weighted by Crippen LogP contribution is 2.17. The summed E-state index contributed by atoms with van der Waals surface area (Å²) in [5.74, 6) is 0.313.